The Hall–Kier alpha value is -3.38. The highest BCUT2D eigenvalue weighted by Gasteiger charge is 2.09. The molecule has 0 aliphatic heterocycles. The van der Waals surface area contributed by atoms with Crippen molar-refractivity contribution < 1.29 is 0 Å². The third-order valence-corrected chi connectivity index (χ3v) is 3.54. The minimum Gasteiger partial charge on any atom is -0.399 e. The number of hydrogen-bond acceptors (Lipinski definition) is 4. The molecule has 0 spiro atoms. The van der Waals surface area contributed by atoms with Gasteiger partial charge in [-0.3, -0.25) is 4.98 Å². The van der Waals surface area contributed by atoms with Gasteiger partial charge in [0.15, 0.2) is 0 Å². The molecule has 0 aliphatic carbocycles. The van der Waals surface area contributed by atoms with Gasteiger partial charge in [0, 0.05) is 23.0 Å². The second-order valence-electron chi connectivity index (χ2n) is 5.40. The molecule has 0 radical (unpaired) electrons. The number of hydrogen-bond donors (Lipinski definition) is 3. The molecular weight excluding hydrogens is 348 g/mol. The van der Waals surface area contributed by atoms with Crippen LogP contribution in [0.3, 0.4) is 0 Å². The molecule has 26 heavy (non-hydrogen) atoms. The van der Waals surface area contributed by atoms with Gasteiger partial charge >= 0.3 is 0 Å². The van der Waals surface area contributed by atoms with Crippen molar-refractivity contribution in [2.24, 2.45) is 21.7 Å². The van der Waals surface area contributed by atoms with Crippen LogP contribution in [0.1, 0.15) is 11.3 Å². The summed E-state index contributed by atoms with van der Waals surface area (Å²) in [6, 6.07) is 21.1. The molecule has 0 saturated carbocycles. The number of pyridine rings is 1. The minimum absolute atomic E-state index is 0. The number of nitrogens with zero attached hydrogens (tertiary/aromatic N) is 3. The fourth-order valence-electron chi connectivity index (χ4n) is 2.38. The van der Waals surface area contributed by atoms with E-state index in [1.807, 2.05) is 66.7 Å². The Morgan fingerprint density at radius 1 is 0.808 bits per heavy atom. The van der Waals surface area contributed by atoms with Gasteiger partial charge in [-0.25, -0.2) is 0 Å². The van der Waals surface area contributed by atoms with Crippen molar-refractivity contribution in [2.45, 2.75) is 0 Å². The molecular formula is C19H19ClN6. The third-order valence-electron chi connectivity index (χ3n) is 3.54. The molecule has 6 nitrogen and oxygen atoms in total. The lowest BCUT2D eigenvalue weighted by Crippen LogP contribution is -2.22. The van der Waals surface area contributed by atoms with Crippen LogP contribution in [0.2, 0.25) is 0 Å². The predicted octanol–water partition coefficient (Wildman–Crippen LogP) is 2.78. The second kappa shape index (κ2) is 8.64. The van der Waals surface area contributed by atoms with E-state index in [1.54, 1.807) is 6.20 Å². The summed E-state index contributed by atoms with van der Waals surface area (Å²) in [5.74, 6) is -0.107. The van der Waals surface area contributed by atoms with E-state index >= 15 is 0 Å². The zero-order valence-electron chi connectivity index (χ0n) is 13.9. The Labute approximate surface area is 157 Å². The van der Waals surface area contributed by atoms with E-state index in [2.05, 4.69) is 15.2 Å². The SMILES string of the molecule is Cl.NC(N)=N/N=C(/c1ccccc1)c1ccc(-c2cccc(N)c2)cn1. The van der Waals surface area contributed by atoms with Crippen LogP contribution in [0.4, 0.5) is 5.69 Å². The summed E-state index contributed by atoms with van der Waals surface area (Å²) in [4.78, 5) is 4.52. The van der Waals surface area contributed by atoms with Crippen molar-refractivity contribution in [1.29, 1.82) is 0 Å². The average Bonchev–Trinajstić information content (AvgIpc) is 2.63. The Kier molecular flexibility index (Phi) is 6.30. The topological polar surface area (TPSA) is 116 Å². The molecule has 7 heteroatoms. The standard InChI is InChI=1S/C19H18N6.ClH/c20-16-8-4-7-14(11-16)15-9-10-17(23-12-15)18(24-25-19(21)22)13-5-2-1-3-6-13;/h1-12H,20H2,(H4,21,22,25);1H/b24-18-;. The number of aromatic nitrogens is 1. The molecule has 132 valence electrons. The molecule has 0 fully saturated rings. The van der Waals surface area contributed by atoms with E-state index in [4.69, 9.17) is 17.2 Å². The first-order valence-corrected chi connectivity index (χ1v) is 7.68. The van der Waals surface area contributed by atoms with Crippen molar-refractivity contribution in [1.82, 2.24) is 4.98 Å². The summed E-state index contributed by atoms with van der Waals surface area (Å²) in [5.41, 5.74) is 21.4. The summed E-state index contributed by atoms with van der Waals surface area (Å²) in [6.07, 6.45) is 1.78. The van der Waals surface area contributed by atoms with Gasteiger partial charge in [0.25, 0.3) is 0 Å². The lowest BCUT2D eigenvalue weighted by molar-refractivity contribution is 1.18. The van der Waals surface area contributed by atoms with E-state index in [-0.39, 0.29) is 18.4 Å². The molecule has 1 aromatic heterocycles. The quantitative estimate of drug-likeness (QED) is 0.285. The maximum atomic E-state index is 5.84. The van der Waals surface area contributed by atoms with Gasteiger partial charge in [-0.1, -0.05) is 48.5 Å². The zero-order chi connectivity index (χ0) is 17.6. The number of benzene rings is 2. The van der Waals surface area contributed by atoms with Crippen molar-refractivity contribution >= 4 is 29.8 Å². The van der Waals surface area contributed by atoms with E-state index in [0.717, 1.165) is 16.7 Å². The summed E-state index contributed by atoms with van der Waals surface area (Å²) >= 11 is 0. The Morgan fingerprint density at radius 2 is 1.58 bits per heavy atom. The zero-order valence-corrected chi connectivity index (χ0v) is 14.7. The van der Waals surface area contributed by atoms with Crippen LogP contribution < -0.4 is 17.2 Å². The second-order valence-corrected chi connectivity index (χ2v) is 5.40. The molecule has 0 aliphatic rings. The number of guanidine groups is 1. The average molecular weight is 367 g/mol. The van der Waals surface area contributed by atoms with E-state index in [1.165, 1.54) is 0 Å². The maximum Gasteiger partial charge on any atom is 0.211 e. The molecule has 3 aromatic rings. The van der Waals surface area contributed by atoms with Crippen molar-refractivity contribution in [2.75, 3.05) is 5.73 Å². The van der Waals surface area contributed by atoms with Crippen LogP contribution in [-0.4, -0.2) is 16.7 Å². The van der Waals surface area contributed by atoms with Gasteiger partial charge in [-0.15, -0.1) is 22.6 Å². The number of anilines is 1. The molecule has 6 N–H and O–H groups in total. The maximum absolute atomic E-state index is 5.84. The van der Waals surface area contributed by atoms with Crippen molar-refractivity contribution in [3.8, 4) is 11.1 Å². The van der Waals surface area contributed by atoms with Crippen LogP contribution in [-0.2, 0) is 0 Å². The fourth-order valence-corrected chi connectivity index (χ4v) is 2.38. The lowest BCUT2D eigenvalue weighted by Gasteiger charge is -2.07. The van der Waals surface area contributed by atoms with Crippen molar-refractivity contribution in [3.63, 3.8) is 0 Å². The smallest absolute Gasteiger partial charge is 0.211 e. The predicted molar refractivity (Wildman–Crippen MR) is 109 cm³/mol. The summed E-state index contributed by atoms with van der Waals surface area (Å²) in [7, 11) is 0. The van der Waals surface area contributed by atoms with E-state index in [9.17, 15) is 0 Å². The van der Waals surface area contributed by atoms with Crippen LogP contribution in [0.5, 0.6) is 0 Å². The number of halogens is 1. The lowest BCUT2D eigenvalue weighted by atomic mass is 10.0. The highest BCUT2D eigenvalue weighted by Crippen LogP contribution is 2.21. The number of nitrogen functional groups attached to an aromatic ring is 1. The van der Waals surface area contributed by atoms with Gasteiger partial charge in [-0.05, 0) is 23.8 Å². The normalized spacial score (nSPS) is 10.7. The largest absolute Gasteiger partial charge is 0.399 e. The number of rotatable bonds is 4. The van der Waals surface area contributed by atoms with Gasteiger partial charge in [0.05, 0.1) is 5.69 Å². The molecule has 3 rings (SSSR count). The van der Waals surface area contributed by atoms with E-state index in [0.29, 0.717) is 17.1 Å². The first kappa shape index (κ1) is 19.0. The molecule has 0 unspecified atom stereocenters. The van der Waals surface area contributed by atoms with Crippen LogP contribution in [0.25, 0.3) is 11.1 Å². The first-order valence-electron chi connectivity index (χ1n) is 7.68. The number of nitrogens with two attached hydrogens (primary N) is 3. The molecule has 0 bridgehead atoms. The summed E-state index contributed by atoms with van der Waals surface area (Å²) in [5, 5.41) is 7.93. The molecule has 2 aromatic carbocycles. The third kappa shape index (κ3) is 4.58. The molecule has 0 amide bonds. The Balaban J connectivity index is 0.00000243. The van der Waals surface area contributed by atoms with Crippen LogP contribution in [0.15, 0.2) is 83.1 Å². The van der Waals surface area contributed by atoms with E-state index < -0.39 is 0 Å². The van der Waals surface area contributed by atoms with Gasteiger partial charge < -0.3 is 17.2 Å². The Morgan fingerprint density at radius 3 is 2.19 bits per heavy atom. The van der Waals surface area contributed by atoms with Crippen LogP contribution in [0, 0.1) is 0 Å². The Bertz CT molecular complexity index is 916. The highest BCUT2D eigenvalue weighted by atomic mass is 35.5. The monoisotopic (exact) mass is 366 g/mol. The minimum atomic E-state index is -0.107. The van der Waals surface area contributed by atoms with Gasteiger partial charge in [-0.2, -0.15) is 0 Å². The molecule has 1 heterocycles. The van der Waals surface area contributed by atoms with Gasteiger partial charge in [0.2, 0.25) is 5.96 Å². The summed E-state index contributed by atoms with van der Waals surface area (Å²) < 4.78 is 0. The van der Waals surface area contributed by atoms with Crippen molar-refractivity contribution in [3.05, 3.63) is 84.2 Å². The highest BCUT2D eigenvalue weighted by molar-refractivity contribution is 6.11. The molecule has 0 saturated heterocycles. The van der Waals surface area contributed by atoms with Crippen LogP contribution >= 0.6 is 12.4 Å². The summed E-state index contributed by atoms with van der Waals surface area (Å²) in [6.45, 7) is 0. The molecule has 0 atom stereocenters. The van der Waals surface area contributed by atoms with Gasteiger partial charge in [0.1, 0.15) is 5.71 Å². The first-order chi connectivity index (χ1) is 12.1. The fraction of sp³-hybridized carbons (Fsp3) is 0.